The fraction of sp³-hybridized carbons (Fsp3) is 0.333. The maximum atomic E-state index is 12.1. The molecule has 0 fully saturated rings. The van der Waals surface area contributed by atoms with Crippen LogP contribution in [0.2, 0.25) is 0 Å². The van der Waals surface area contributed by atoms with Crippen molar-refractivity contribution < 1.29 is 9.53 Å². The summed E-state index contributed by atoms with van der Waals surface area (Å²) in [7, 11) is 1.61. The van der Waals surface area contributed by atoms with Crippen LogP contribution < -0.4 is 5.32 Å². The van der Waals surface area contributed by atoms with E-state index in [0.717, 1.165) is 9.26 Å². The van der Waals surface area contributed by atoms with E-state index in [1.807, 2.05) is 13.0 Å². The van der Waals surface area contributed by atoms with E-state index >= 15 is 0 Å². The Labute approximate surface area is 129 Å². The average molecular weight is 387 g/mol. The fourth-order valence-corrected chi connectivity index (χ4v) is 2.19. The molecule has 20 heavy (non-hydrogen) atoms. The van der Waals surface area contributed by atoms with Crippen LogP contribution in [0.5, 0.6) is 0 Å². The predicted molar refractivity (Wildman–Crippen MR) is 80.7 cm³/mol. The molecule has 1 heterocycles. The molecule has 1 unspecified atom stereocenters. The molecule has 0 aliphatic rings. The summed E-state index contributed by atoms with van der Waals surface area (Å²) in [6, 6.07) is 5.44. The zero-order valence-corrected chi connectivity index (χ0v) is 13.2. The number of hydrogen-bond acceptors (Lipinski definition) is 5. The smallest absolute Gasteiger partial charge is 0.251 e. The van der Waals surface area contributed by atoms with Gasteiger partial charge in [0.25, 0.3) is 5.91 Å². The summed E-state index contributed by atoms with van der Waals surface area (Å²) in [5.74, 6) is -0.151. The minimum absolute atomic E-state index is 0.0271. The number of ether oxygens (including phenoxy) is 1. The molecule has 2 rings (SSSR count). The van der Waals surface area contributed by atoms with Crippen molar-refractivity contribution in [1.29, 1.82) is 0 Å². The zero-order chi connectivity index (χ0) is 14.5. The summed E-state index contributed by atoms with van der Waals surface area (Å²) < 4.78 is 7.54. The topological polar surface area (TPSA) is 81.9 Å². The Morgan fingerprint density at radius 1 is 1.50 bits per heavy atom. The number of carbonyl (C=O) groups excluding carboxylic acids is 1. The molecule has 1 N–H and O–H groups in total. The Balaban J connectivity index is 2.18. The second-order valence-corrected chi connectivity index (χ2v) is 5.45. The first-order chi connectivity index (χ1) is 9.60. The van der Waals surface area contributed by atoms with Gasteiger partial charge in [0, 0.05) is 22.8 Å². The minimum atomic E-state index is -0.151. The molecule has 1 aromatic heterocycles. The third kappa shape index (κ3) is 3.73. The van der Waals surface area contributed by atoms with Crippen molar-refractivity contribution in [2.45, 2.75) is 13.0 Å². The average Bonchev–Trinajstić information content (AvgIpc) is 2.97. The van der Waals surface area contributed by atoms with Gasteiger partial charge in [0.05, 0.1) is 11.8 Å². The van der Waals surface area contributed by atoms with Crippen molar-refractivity contribution >= 4 is 28.5 Å². The first-order valence-corrected chi connectivity index (χ1v) is 7.03. The molecule has 0 saturated heterocycles. The van der Waals surface area contributed by atoms with Gasteiger partial charge < -0.3 is 10.1 Å². The van der Waals surface area contributed by atoms with E-state index in [-0.39, 0.29) is 12.0 Å². The van der Waals surface area contributed by atoms with Crippen molar-refractivity contribution in [2.75, 3.05) is 13.7 Å². The van der Waals surface area contributed by atoms with Gasteiger partial charge in [0.2, 0.25) is 0 Å². The van der Waals surface area contributed by atoms with E-state index in [2.05, 4.69) is 43.4 Å². The highest BCUT2D eigenvalue weighted by atomic mass is 127. The quantitative estimate of drug-likeness (QED) is 0.776. The van der Waals surface area contributed by atoms with Crippen molar-refractivity contribution in [3.05, 3.63) is 33.7 Å². The van der Waals surface area contributed by atoms with Crippen molar-refractivity contribution in [3.8, 4) is 5.69 Å². The normalized spacial score (nSPS) is 12.2. The number of halogens is 1. The lowest BCUT2D eigenvalue weighted by Gasteiger charge is -2.11. The molecular formula is C12H14IN5O2. The highest BCUT2D eigenvalue weighted by Crippen LogP contribution is 2.15. The van der Waals surface area contributed by atoms with E-state index in [4.69, 9.17) is 4.74 Å². The van der Waals surface area contributed by atoms with Crippen LogP contribution in [0.3, 0.4) is 0 Å². The van der Waals surface area contributed by atoms with E-state index in [1.165, 1.54) is 11.0 Å². The largest absolute Gasteiger partial charge is 0.380 e. The molecule has 1 atom stereocenters. The van der Waals surface area contributed by atoms with Crippen molar-refractivity contribution in [3.63, 3.8) is 0 Å². The van der Waals surface area contributed by atoms with E-state index < -0.39 is 0 Å². The number of methoxy groups -OCH3 is 1. The molecular weight excluding hydrogens is 373 g/mol. The van der Waals surface area contributed by atoms with Crippen LogP contribution in [0.1, 0.15) is 17.3 Å². The fourth-order valence-electron chi connectivity index (χ4n) is 1.54. The molecule has 0 saturated carbocycles. The van der Waals surface area contributed by atoms with Crippen LogP contribution in [0, 0.1) is 3.57 Å². The van der Waals surface area contributed by atoms with Gasteiger partial charge in [-0.2, -0.15) is 0 Å². The van der Waals surface area contributed by atoms with Crippen molar-refractivity contribution in [1.82, 2.24) is 25.5 Å². The first kappa shape index (κ1) is 14.9. The standard InChI is InChI=1S/C12H14IN5O2/c1-8(20-2)6-14-12(19)9-3-10(13)5-11(4-9)18-7-15-16-17-18/h3-5,7-8H,6H2,1-2H3,(H,14,19). The third-order valence-corrected chi connectivity index (χ3v) is 3.33. The molecule has 1 aromatic carbocycles. The maximum absolute atomic E-state index is 12.1. The number of amides is 1. The van der Waals surface area contributed by atoms with Crippen LogP contribution in [-0.2, 0) is 4.74 Å². The summed E-state index contributed by atoms with van der Waals surface area (Å²) in [4.78, 5) is 12.1. The van der Waals surface area contributed by atoms with Crippen LogP contribution >= 0.6 is 22.6 Å². The number of rotatable bonds is 5. The van der Waals surface area contributed by atoms with Gasteiger partial charge in [0.15, 0.2) is 0 Å². The molecule has 0 aliphatic heterocycles. The van der Waals surface area contributed by atoms with Gasteiger partial charge >= 0.3 is 0 Å². The van der Waals surface area contributed by atoms with Crippen LogP contribution in [0.15, 0.2) is 24.5 Å². The van der Waals surface area contributed by atoms with Gasteiger partial charge in [-0.05, 0) is 58.1 Å². The van der Waals surface area contributed by atoms with Crippen molar-refractivity contribution in [2.24, 2.45) is 0 Å². The molecule has 106 valence electrons. The lowest BCUT2D eigenvalue weighted by Crippen LogP contribution is -2.31. The summed E-state index contributed by atoms with van der Waals surface area (Å²) in [6.07, 6.45) is 1.46. The van der Waals surface area contributed by atoms with E-state index in [0.29, 0.717) is 12.1 Å². The van der Waals surface area contributed by atoms with E-state index in [1.54, 1.807) is 19.2 Å². The summed E-state index contributed by atoms with van der Waals surface area (Å²) in [5, 5.41) is 13.8. The predicted octanol–water partition coefficient (Wildman–Crippen LogP) is 1.03. The van der Waals surface area contributed by atoms with Crippen LogP contribution in [-0.4, -0.2) is 45.9 Å². The lowest BCUT2D eigenvalue weighted by atomic mass is 10.2. The highest BCUT2D eigenvalue weighted by molar-refractivity contribution is 14.1. The monoisotopic (exact) mass is 387 g/mol. The van der Waals surface area contributed by atoms with E-state index in [9.17, 15) is 4.79 Å². The minimum Gasteiger partial charge on any atom is -0.380 e. The Bertz CT molecular complexity index is 588. The van der Waals surface area contributed by atoms with Gasteiger partial charge in [-0.15, -0.1) is 5.10 Å². The highest BCUT2D eigenvalue weighted by Gasteiger charge is 2.10. The second kappa shape index (κ2) is 6.75. The third-order valence-electron chi connectivity index (χ3n) is 2.71. The molecule has 2 aromatic rings. The number of nitrogens with one attached hydrogen (secondary N) is 1. The zero-order valence-electron chi connectivity index (χ0n) is 11.1. The summed E-state index contributed by atoms with van der Waals surface area (Å²) >= 11 is 2.15. The summed E-state index contributed by atoms with van der Waals surface area (Å²) in [5.41, 5.74) is 1.30. The molecule has 0 spiro atoms. The molecule has 1 amide bonds. The van der Waals surface area contributed by atoms with Gasteiger partial charge in [-0.25, -0.2) is 4.68 Å². The Morgan fingerprint density at radius 2 is 2.30 bits per heavy atom. The Morgan fingerprint density at radius 3 is 2.95 bits per heavy atom. The van der Waals surface area contributed by atoms with Crippen LogP contribution in [0.25, 0.3) is 5.69 Å². The second-order valence-electron chi connectivity index (χ2n) is 4.21. The molecule has 0 aliphatic carbocycles. The molecule has 0 bridgehead atoms. The Kier molecular flexibility index (Phi) is 5.01. The molecule has 7 nitrogen and oxygen atoms in total. The number of nitrogens with zero attached hydrogens (tertiary/aromatic N) is 4. The van der Waals surface area contributed by atoms with Gasteiger partial charge in [-0.1, -0.05) is 0 Å². The number of aromatic nitrogens is 4. The lowest BCUT2D eigenvalue weighted by molar-refractivity contribution is 0.0870. The van der Waals surface area contributed by atoms with Gasteiger partial charge in [0.1, 0.15) is 6.33 Å². The van der Waals surface area contributed by atoms with Gasteiger partial charge in [-0.3, -0.25) is 4.79 Å². The maximum Gasteiger partial charge on any atom is 0.251 e. The number of benzene rings is 1. The van der Waals surface area contributed by atoms with Crippen LogP contribution in [0.4, 0.5) is 0 Å². The first-order valence-electron chi connectivity index (χ1n) is 5.95. The summed E-state index contributed by atoms with van der Waals surface area (Å²) in [6.45, 7) is 2.35. The Hall–Kier alpha value is -1.55. The molecule has 8 heteroatoms. The number of carbonyl (C=O) groups is 1. The number of tetrazole rings is 1. The molecule has 0 radical (unpaired) electrons. The number of hydrogen-bond donors (Lipinski definition) is 1. The SMILES string of the molecule is COC(C)CNC(=O)c1cc(I)cc(-n2cnnn2)c1.